The van der Waals surface area contributed by atoms with Crippen LogP contribution in [0.15, 0.2) is 11.7 Å². The van der Waals surface area contributed by atoms with Gasteiger partial charge >= 0.3 is 5.97 Å². The van der Waals surface area contributed by atoms with Gasteiger partial charge in [0, 0.05) is 69.7 Å². The smallest absolute Gasteiger partial charge is 0.307 e. The molecule has 0 N–H and O–H groups in total. The second kappa shape index (κ2) is 13.0. The maximum Gasteiger partial charge on any atom is 0.307 e. The highest BCUT2D eigenvalue weighted by Crippen LogP contribution is 2.54. The number of rotatable bonds is 7. The number of ether oxygens (including phenoxy) is 1. The van der Waals surface area contributed by atoms with E-state index < -0.39 is 0 Å². The molecule has 42 heavy (non-hydrogen) atoms. The van der Waals surface area contributed by atoms with Crippen molar-refractivity contribution in [3.05, 3.63) is 16.6 Å². The highest BCUT2D eigenvalue weighted by molar-refractivity contribution is 7.11. The number of carbonyl (C=O) groups excluding carboxylic acids is 4. The summed E-state index contributed by atoms with van der Waals surface area (Å²) in [5, 5.41) is 0. The molecule has 1 aromatic rings. The number of likely N-dealkylation sites (tertiary alicyclic amines) is 2. The van der Waals surface area contributed by atoms with Gasteiger partial charge < -0.3 is 19.4 Å². The van der Waals surface area contributed by atoms with Crippen molar-refractivity contribution in [2.24, 2.45) is 22.7 Å². The monoisotopic (exact) mass is 601 g/mol. The number of nitrogens with zero attached hydrogens (tertiary/aromatic N) is 5. The zero-order chi connectivity index (χ0) is 29.9. The lowest BCUT2D eigenvalue weighted by Crippen LogP contribution is -2.60. The van der Waals surface area contributed by atoms with Gasteiger partial charge in [-0.1, -0.05) is 33.1 Å². The van der Waals surface area contributed by atoms with Crippen molar-refractivity contribution in [1.82, 2.24) is 24.6 Å². The number of carbonyl (C=O) groups is 4. The van der Waals surface area contributed by atoms with E-state index in [-0.39, 0.29) is 34.7 Å². The van der Waals surface area contributed by atoms with Crippen molar-refractivity contribution in [1.29, 1.82) is 0 Å². The molecule has 3 saturated heterocycles. The van der Waals surface area contributed by atoms with E-state index in [4.69, 9.17) is 4.74 Å². The number of methoxy groups -OCH3 is 1. The molecule has 0 bridgehead atoms. The molecule has 5 fully saturated rings. The van der Waals surface area contributed by atoms with Crippen molar-refractivity contribution in [2.75, 3.05) is 59.5 Å². The molecule has 1 spiro atoms. The van der Waals surface area contributed by atoms with E-state index >= 15 is 0 Å². The van der Waals surface area contributed by atoms with E-state index in [9.17, 15) is 19.2 Å². The maximum absolute atomic E-state index is 12.4. The summed E-state index contributed by atoms with van der Waals surface area (Å²) in [6.45, 7) is 10.9. The van der Waals surface area contributed by atoms with Crippen LogP contribution in [0.25, 0.3) is 0 Å². The van der Waals surface area contributed by atoms with Crippen molar-refractivity contribution < 1.29 is 23.9 Å². The average Bonchev–Trinajstić information content (AvgIpc) is 3.37. The Kier molecular flexibility index (Phi) is 9.56. The third-order valence-corrected chi connectivity index (χ3v) is 10.9. The summed E-state index contributed by atoms with van der Waals surface area (Å²) in [5.41, 5.74) is 2.04. The normalized spacial score (nSPS) is 26.7. The fourth-order valence-corrected chi connectivity index (χ4v) is 7.88. The van der Waals surface area contributed by atoms with Gasteiger partial charge in [0.25, 0.3) is 5.91 Å². The van der Waals surface area contributed by atoms with Gasteiger partial charge in [-0.2, -0.15) is 0 Å². The van der Waals surface area contributed by atoms with Crippen molar-refractivity contribution in [2.45, 2.75) is 71.3 Å². The van der Waals surface area contributed by atoms with E-state index in [1.807, 2.05) is 9.80 Å². The number of thiazole rings is 1. The molecule has 232 valence electrons. The van der Waals surface area contributed by atoms with Gasteiger partial charge in [0.15, 0.2) is 0 Å². The Balaban J connectivity index is 0.000000169. The topological polar surface area (TPSA) is 103 Å². The minimum Gasteiger partial charge on any atom is -0.469 e. The number of piperazine rings is 1. The molecule has 2 unspecified atom stereocenters. The lowest BCUT2D eigenvalue weighted by atomic mass is 9.78. The summed E-state index contributed by atoms with van der Waals surface area (Å²) in [5.74, 6) is 1.21. The van der Waals surface area contributed by atoms with Crippen LogP contribution < -0.4 is 0 Å². The average molecular weight is 602 g/mol. The maximum atomic E-state index is 12.4. The summed E-state index contributed by atoms with van der Waals surface area (Å²) in [6.07, 6.45) is 11.6. The molecular weight excluding hydrogens is 554 g/mol. The van der Waals surface area contributed by atoms with Gasteiger partial charge in [0.1, 0.15) is 4.88 Å². The fourth-order valence-electron chi connectivity index (χ4n) is 7.30. The van der Waals surface area contributed by atoms with Crippen LogP contribution in [0.3, 0.4) is 0 Å². The van der Waals surface area contributed by atoms with Crippen LogP contribution in [-0.4, -0.2) is 114 Å². The second-order valence-corrected chi connectivity index (χ2v) is 14.7. The summed E-state index contributed by atoms with van der Waals surface area (Å²) in [7, 11) is 1.42. The molecule has 2 aliphatic carbocycles. The standard InChI is InChI=1S/C16H21N3O2S.C15H26N2O3/c1-15(2)5-11(15)13(20)19-8-16(9-19)3-4-18(7-16)14(21)12-6-17-10-22-12;1-20-15(19)9-14-11-16(12-18)7-8-17(14)10-13-5-3-2-4-6-13/h6,10-11H,3-5,7-9H2,1-2H3;12-14H,2-11H2,1H3. The van der Waals surface area contributed by atoms with Crippen molar-refractivity contribution in [3.8, 4) is 0 Å². The summed E-state index contributed by atoms with van der Waals surface area (Å²) < 4.78 is 4.79. The SMILES string of the molecule is CC1(C)CC1C(=O)N1CC2(CCN(C(=O)c3cncs3)C2)C1.COC(=O)CC1CN(C=O)CCN1CC1CCCCC1. The van der Waals surface area contributed by atoms with E-state index in [1.165, 1.54) is 50.6 Å². The molecule has 3 amide bonds. The molecule has 3 aliphatic heterocycles. The van der Waals surface area contributed by atoms with Gasteiger partial charge in [-0.3, -0.25) is 29.1 Å². The van der Waals surface area contributed by atoms with Crippen molar-refractivity contribution in [3.63, 3.8) is 0 Å². The number of hydrogen-bond donors (Lipinski definition) is 0. The van der Waals surface area contributed by atoms with Crippen molar-refractivity contribution >= 4 is 35.5 Å². The van der Waals surface area contributed by atoms with Crippen LogP contribution in [0.2, 0.25) is 0 Å². The fraction of sp³-hybridized carbons (Fsp3) is 0.774. The lowest BCUT2D eigenvalue weighted by Gasteiger charge is -2.48. The van der Waals surface area contributed by atoms with E-state index in [0.717, 1.165) is 71.0 Å². The quantitative estimate of drug-likeness (QED) is 0.350. The third-order valence-electron chi connectivity index (χ3n) is 10.2. The van der Waals surface area contributed by atoms with Crippen LogP contribution in [-0.2, 0) is 19.1 Å². The minimum absolute atomic E-state index is 0.0903. The molecule has 10 nitrogen and oxygen atoms in total. The molecule has 5 aliphatic rings. The number of aromatic nitrogens is 1. The second-order valence-electron chi connectivity index (χ2n) is 13.8. The van der Waals surface area contributed by atoms with E-state index in [0.29, 0.717) is 23.7 Å². The molecule has 0 aromatic carbocycles. The van der Waals surface area contributed by atoms with Crippen LogP contribution >= 0.6 is 11.3 Å². The Morgan fingerprint density at radius 1 is 1.07 bits per heavy atom. The summed E-state index contributed by atoms with van der Waals surface area (Å²) in [6, 6.07) is 0.114. The van der Waals surface area contributed by atoms with Gasteiger partial charge in [-0.25, -0.2) is 0 Å². The highest BCUT2D eigenvalue weighted by atomic mass is 32.1. The van der Waals surface area contributed by atoms with Gasteiger partial charge in [-0.05, 0) is 37.0 Å². The zero-order valence-electron chi connectivity index (χ0n) is 25.5. The van der Waals surface area contributed by atoms with Crippen LogP contribution in [0, 0.1) is 22.7 Å². The zero-order valence-corrected chi connectivity index (χ0v) is 26.3. The van der Waals surface area contributed by atoms with Crippen LogP contribution in [0.4, 0.5) is 0 Å². The van der Waals surface area contributed by atoms with Gasteiger partial charge in [-0.15, -0.1) is 11.3 Å². The Morgan fingerprint density at radius 3 is 2.40 bits per heavy atom. The Morgan fingerprint density at radius 2 is 1.79 bits per heavy atom. The summed E-state index contributed by atoms with van der Waals surface area (Å²) >= 11 is 1.39. The molecule has 6 rings (SSSR count). The molecule has 2 saturated carbocycles. The lowest BCUT2D eigenvalue weighted by molar-refractivity contribution is -0.145. The first-order chi connectivity index (χ1) is 20.1. The number of esters is 1. The first-order valence-corrected chi connectivity index (χ1v) is 16.5. The van der Waals surface area contributed by atoms with Crippen LogP contribution in [0.5, 0.6) is 0 Å². The molecule has 4 heterocycles. The number of hydrogen-bond acceptors (Lipinski definition) is 8. The Hall–Kier alpha value is -2.53. The first kappa shape index (κ1) is 30.9. The molecule has 2 atom stereocenters. The largest absolute Gasteiger partial charge is 0.469 e. The van der Waals surface area contributed by atoms with Gasteiger partial charge in [0.2, 0.25) is 12.3 Å². The predicted molar refractivity (Wildman–Crippen MR) is 160 cm³/mol. The first-order valence-electron chi connectivity index (χ1n) is 15.6. The third kappa shape index (κ3) is 7.15. The summed E-state index contributed by atoms with van der Waals surface area (Å²) in [4.78, 5) is 60.0. The molecule has 1 aromatic heterocycles. The minimum atomic E-state index is -0.184. The van der Waals surface area contributed by atoms with E-state index in [1.54, 1.807) is 16.6 Å². The predicted octanol–water partition coefficient (Wildman–Crippen LogP) is 3.14. The van der Waals surface area contributed by atoms with Crippen LogP contribution in [0.1, 0.15) is 74.9 Å². The van der Waals surface area contributed by atoms with Gasteiger partial charge in [0.05, 0.1) is 25.2 Å². The Labute approximate surface area is 253 Å². The molecular formula is C31H47N5O5S. The Bertz CT molecular complexity index is 1110. The highest BCUT2D eigenvalue weighted by Gasteiger charge is 2.57. The molecule has 11 heteroatoms. The number of amides is 3. The molecule has 0 radical (unpaired) electrons. The van der Waals surface area contributed by atoms with E-state index in [2.05, 4.69) is 23.7 Å².